The van der Waals surface area contributed by atoms with Crippen LogP contribution in [0.4, 0.5) is 0 Å². The number of hydrogen-bond acceptors (Lipinski definition) is 4. The summed E-state index contributed by atoms with van der Waals surface area (Å²) < 4.78 is 0. The molecule has 0 spiro atoms. The molecule has 1 aliphatic heterocycles. The molecule has 4 heteroatoms. The second-order valence-electron chi connectivity index (χ2n) is 12.2. The number of oxime groups is 1. The van der Waals surface area contributed by atoms with Crippen molar-refractivity contribution in [2.75, 3.05) is 26.2 Å². The van der Waals surface area contributed by atoms with Crippen LogP contribution in [0, 0.1) is 28.6 Å². The number of aliphatic hydroxyl groups excluding tert-OH is 1. The number of rotatable bonds is 5. The molecule has 184 valence electrons. The first kappa shape index (κ1) is 23.6. The minimum Gasteiger partial charge on any atom is -0.394 e. The van der Waals surface area contributed by atoms with Gasteiger partial charge in [0.05, 0.1) is 11.8 Å². The van der Waals surface area contributed by atoms with Crippen LogP contribution in [0.3, 0.4) is 0 Å². The van der Waals surface area contributed by atoms with Crippen molar-refractivity contribution in [2.45, 2.75) is 97.5 Å². The van der Waals surface area contributed by atoms with Crippen molar-refractivity contribution in [1.29, 1.82) is 0 Å². The van der Waals surface area contributed by atoms with Crippen LogP contribution in [0.25, 0.3) is 0 Å². The maximum Gasteiger partial charge on any atom is 0.129 e. The third-order valence-corrected chi connectivity index (χ3v) is 10.4. The van der Waals surface area contributed by atoms with Crippen molar-refractivity contribution in [3.8, 4) is 0 Å². The summed E-state index contributed by atoms with van der Waals surface area (Å²) in [7, 11) is 0. The van der Waals surface area contributed by atoms with E-state index < -0.39 is 0 Å². The van der Waals surface area contributed by atoms with E-state index in [1.165, 1.54) is 70.0 Å². The van der Waals surface area contributed by atoms with Gasteiger partial charge in [-0.2, -0.15) is 0 Å². The maximum atomic E-state index is 10.2. The smallest absolute Gasteiger partial charge is 0.129 e. The van der Waals surface area contributed by atoms with Crippen LogP contribution in [0.15, 0.2) is 28.5 Å². The summed E-state index contributed by atoms with van der Waals surface area (Å²) in [5.41, 5.74) is 4.67. The van der Waals surface area contributed by atoms with E-state index in [2.05, 4.69) is 43.0 Å². The lowest BCUT2D eigenvalue weighted by Crippen LogP contribution is -2.50. The fraction of sp³-hybridized carbons (Fsp3) is 0.828. The second-order valence-corrected chi connectivity index (χ2v) is 12.2. The molecule has 5 aliphatic rings. The fourth-order valence-electron chi connectivity index (χ4n) is 8.49. The van der Waals surface area contributed by atoms with Gasteiger partial charge in [-0.25, -0.2) is 0 Å². The molecule has 4 nitrogen and oxygen atoms in total. The Morgan fingerprint density at radius 3 is 2.58 bits per heavy atom. The number of nitrogens with zero attached hydrogens (tertiary/aromatic N) is 2. The predicted molar refractivity (Wildman–Crippen MR) is 135 cm³/mol. The lowest BCUT2D eigenvalue weighted by atomic mass is 9.47. The third kappa shape index (κ3) is 4.35. The zero-order valence-corrected chi connectivity index (χ0v) is 21.3. The van der Waals surface area contributed by atoms with Gasteiger partial charge in [0.2, 0.25) is 0 Å². The molecule has 2 saturated carbocycles. The Hall–Kier alpha value is -1.13. The third-order valence-electron chi connectivity index (χ3n) is 10.4. The van der Waals surface area contributed by atoms with Crippen molar-refractivity contribution in [3.63, 3.8) is 0 Å². The summed E-state index contributed by atoms with van der Waals surface area (Å²) in [6.45, 7) is 11.3. The normalized spacial score (nSPS) is 41.9. The highest BCUT2D eigenvalue weighted by atomic mass is 16.6. The summed E-state index contributed by atoms with van der Waals surface area (Å²) in [5.74, 6) is 2.26. The quantitative estimate of drug-likeness (QED) is 0.236. The molecule has 3 fully saturated rings. The van der Waals surface area contributed by atoms with E-state index in [-0.39, 0.29) is 11.5 Å². The van der Waals surface area contributed by atoms with Gasteiger partial charge in [-0.1, -0.05) is 49.6 Å². The molecule has 1 saturated heterocycles. The van der Waals surface area contributed by atoms with Gasteiger partial charge < -0.3 is 9.94 Å². The van der Waals surface area contributed by atoms with Gasteiger partial charge in [0, 0.05) is 6.54 Å². The Morgan fingerprint density at radius 1 is 1.03 bits per heavy atom. The van der Waals surface area contributed by atoms with Crippen LogP contribution in [0.1, 0.15) is 91.4 Å². The number of hydrogen-bond donors (Lipinski definition) is 1. The van der Waals surface area contributed by atoms with E-state index >= 15 is 0 Å². The van der Waals surface area contributed by atoms with Crippen molar-refractivity contribution in [1.82, 2.24) is 4.90 Å². The Morgan fingerprint density at radius 2 is 1.79 bits per heavy atom. The standard InChI is InChI=1S/C29H46N2O2/c1-21(30-33-19-18-31-16-6-4-5-7-17-31)25-10-11-26-24-9-8-22-20-23(32)12-14-28(22,2)27(24)13-15-29(25,26)3/h8,10,23-24,26-27,32H,4-7,9,11-20H2,1-3H3/t23-,24-,26-,27-,28-,29+/m0/s1. The first-order valence-corrected chi connectivity index (χ1v) is 13.9. The van der Waals surface area contributed by atoms with Gasteiger partial charge in [0.15, 0.2) is 0 Å². The molecule has 1 N–H and O–H groups in total. The molecule has 0 bridgehead atoms. The minimum atomic E-state index is -0.118. The molecular formula is C29H46N2O2. The molecular weight excluding hydrogens is 408 g/mol. The van der Waals surface area contributed by atoms with E-state index in [1.807, 2.05) is 0 Å². The molecule has 0 aromatic heterocycles. The maximum absolute atomic E-state index is 10.2. The van der Waals surface area contributed by atoms with Crippen LogP contribution >= 0.6 is 0 Å². The zero-order valence-electron chi connectivity index (χ0n) is 21.3. The Bertz CT molecular complexity index is 808. The SMILES string of the molecule is CC(=NOCCN1CCCCCC1)C1=CC[C@H]2[C@@H]3CC=C4C[C@@H](O)CC[C@]4(C)[C@H]3CC[C@]12C. The average Bonchev–Trinajstić information content (AvgIpc) is 2.96. The number of fused-ring (bicyclic) bond motifs is 5. The zero-order chi connectivity index (χ0) is 23.1. The van der Waals surface area contributed by atoms with E-state index in [0.29, 0.717) is 12.0 Å². The van der Waals surface area contributed by atoms with Gasteiger partial charge in [-0.15, -0.1) is 0 Å². The molecule has 6 atom stereocenters. The Kier molecular flexibility index (Phi) is 6.79. The Labute approximate surface area is 201 Å². The highest BCUT2D eigenvalue weighted by Crippen LogP contribution is 2.65. The largest absolute Gasteiger partial charge is 0.394 e. The molecule has 4 aliphatic carbocycles. The van der Waals surface area contributed by atoms with Gasteiger partial charge in [0.25, 0.3) is 0 Å². The molecule has 5 rings (SSSR count). The lowest BCUT2D eigenvalue weighted by molar-refractivity contribution is -0.0280. The molecule has 0 radical (unpaired) electrons. The van der Waals surface area contributed by atoms with E-state index in [0.717, 1.165) is 49.3 Å². The van der Waals surface area contributed by atoms with Crippen LogP contribution in [0.2, 0.25) is 0 Å². The van der Waals surface area contributed by atoms with Crippen LogP contribution in [0.5, 0.6) is 0 Å². The summed E-state index contributed by atoms with van der Waals surface area (Å²) in [4.78, 5) is 8.39. The highest BCUT2D eigenvalue weighted by Gasteiger charge is 2.56. The van der Waals surface area contributed by atoms with Gasteiger partial charge in [0.1, 0.15) is 6.61 Å². The van der Waals surface area contributed by atoms with E-state index in [9.17, 15) is 5.11 Å². The van der Waals surface area contributed by atoms with Crippen LogP contribution in [-0.2, 0) is 4.84 Å². The number of likely N-dealkylation sites (tertiary alicyclic amines) is 1. The van der Waals surface area contributed by atoms with Crippen LogP contribution in [-0.4, -0.2) is 48.1 Å². The van der Waals surface area contributed by atoms with Crippen LogP contribution < -0.4 is 0 Å². The summed E-state index contributed by atoms with van der Waals surface area (Å²) >= 11 is 0. The number of allylic oxidation sites excluding steroid dienone is 3. The topological polar surface area (TPSA) is 45.1 Å². The fourth-order valence-corrected chi connectivity index (χ4v) is 8.49. The van der Waals surface area contributed by atoms with Gasteiger partial charge in [-0.05, 0) is 112 Å². The van der Waals surface area contributed by atoms with E-state index in [4.69, 9.17) is 4.84 Å². The number of aliphatic hydroxyl groups is 1. The molecule has 0 aromatic carbocycles. The van der Waals surface area contributed by atoms with Crippen molar-refractivity contribution in [2.24, 2.45) is 33.7 Å². The minimum absolute atomic E-state index is 0.118. The monoisotopic (exact) mass is 454 g/mol. The first-order chi connectivity index (χ1) is 15.9. The van der Waals surface area contributed by atoms with Crippen molar-refractivity contribution < 1.29 is 9.94 Å². The molecule has 33 heavy (non-hydrogen) atoms. The van der Waals surface area contributed by atoms with Crippen molar-refractivity contribution >= 4 is 5.71 Å². The second kappa shape index (κ2) is 9.49. The molecule has 0 amide bonds. The lowest BCUT2D eigenvalue weighted by Gasteiger charge is -2.57. The summed E-state index contributed by atoms with van der Waals surface area (Å²) in [6.07, 6.45) is 18.3. The average molecular weight is 455 g/mol. The molecule has 1 heterocycles. The summed E-state index contributed by atoms with van der Waals surface area (Å²) in [5, 5.41) is 14.9. The van der Waals surface area contributed by atoms with E-state index in [1.54, 1.807) is 5.57 Å². The predicted octanol–water partition coefficient (Wildman–Crippen LogP) is 6.11. The first-order valence-electron chi connectivity index (χ1n) is 13.9. The molecule has 0 aromatic rings. The molecule has 0 unspecified atom stereocenters. The summed E-state index contributed by atoms with van der Waals surface area (Å²) in [6, 6.07) is 0. The van der Waals surface area contributed by atoms with Crippen molar-refractivity contribution in [3.05, 3.63) is 23.3 Å². The van der Waals surface area contributed by atoms with Gasteiger partial charge in [-0.3, -0.25) is 4.90 Å². The highest BCUT2D eigenvalue weighted by molar-refractivity contribution is 5.99. The Balaban J connectivity index is 1.22. The van der Waals surface area contributed by atoms with Gasteiger partial charge >= 0.3 is 0 Å².